The Labute approximate surface area is 156 Å². The lowest BCUT2D eigenvalue weighted by atomic mass is 10.0. The SMILES string of the molecule is C/C=C(\C)CN1CCOc2c(cc(-c3ccc(OC)cc3)cc2OC)C1. The van der Waals surface area contributed by atoms with Crippen LogP contribution in [0.1, 0.15) is 19.4 Å². The summed E-state index contributed by atoms with van der Waals surface area (Å²) in [6, 6.07) is 12.4. The van der Waals surface area contributed by atoms with Gasteiger partial charge in [0.25, 0.3) is 0 Å². The van der Waals surface area contributed by atoms with Crippen molar-refractivity contribution in [3.05, 3.63) is 53.6 Å². The molecule has 1 heterocycles. The van der Waals surface area contributed by atoms with E-state index >= 15 is 0 Å². The van der Waals surface area contributed by atoms with Crippen molar-refractivity contribution >= 4 is 0 Å². The van der Waals surface area contributed by atoms with Gasteiger partial charge in [-0.1, -0.05) is 23.8 Å². The fourth-order valence-electron chi connectivity index (χ4n) is 3.22. The van der Waals surface area contributed by atoms with Gasteiger partial charge in [0.05, 0.1) is 14.2 Å². The Hall–Kier alpha value is -2.46. The van der Waals surface area contributed by atoms with E-state index in [2.05, 4.69) is 43.0 Å². The van der Waals surface area contributed by atoms with Crippen LogP contribution in [0, 0.1) is 0 Å². The van der Waals surface area contributed by atoms with Crippen LogP contribution in [0.2, 0.25) is 0 Å². The Bertz CT molecular complexity index is 781. The van der Waals surface area contributed by atoms with Gasteiger partial charge in [0.15, 0.2) is 11.5 Å². The second-order valence-corrected chi connectivity index (χ2v) is 6.59. The largest absolute Gasteiger partial charge is 0.497 e. The van der Waals surface area contributed by atoms with E-state index in [9.17, 15) is 0 Å². The molecule has 0 atom stereocenters. The summed E-state index contributed by atoms with van der Waals surface area (Å²) in [5.41, 5.74) is 4.78. The summed E-state index contributed by atoms with van der Waals surface area (Å²) in [7, 11) is 3.38. The molecule has 1 aliphatic rings. The lowest BCUT2D eigenvalue weighted by molar-refractivity contribution is 0.235. The van der Waals surface area contributed by atoms with E-state index in [1.54, 1.807) is 14.2 Å². The Morgan fingerprint density at radius 3 is 2.54 bits per heavy atom. The minimum absolute atomic E-state index is 0.669. The summed E-state index contributed by atoms with van der Waals surface area (Å²) in [5.74, 6) is 2.51. The van der Waals surface area contributed by atoms with Gasteiger partial charge >= 0.3 is 0 Å². The predicted octanol–water partition coefficient (Wildman–Crippen LogP) is 4.53. The number of fused-ring (bicyclic) bond motifs is 1. The third-order valence-electron chi connectivity index (χ3n) is 4.79. The fourth-order valence-corrected chi connectivity index (χ4v) is 3.22. The second kappa shape index (κ2) is 8.28. The number of hydrogen-bond acceptors (Lipinski definition) is 4. The monoisotopic (exact) mass is 353 g/mol. The number of methoxy groups -OCH3 is 2. The first kappa shape index (κ1) is 18.3. The molecule has 0 fully saturated rings. The Morgan fingerprint density at radius 1 is 1.12 bits per heavy atom. The summed E-state index contributed by atoms with van der Waals surface area (Å²) >= 11 is 0. The minimum atomic E-state index is 0.669. The molecule has 0 saturated carbocycles. The molecule has 4 heteroatoms. The molecular formula is C22H27NO3. The Balaban J connectivity index is 1.96. The lowest BCUT2D eigenvalue weighted by Crippen LogP contribution is -2.27. The van der Waals surface area contributed by atoms with Crippen molar-refractivity contribution in [1.29, 1.82) is 0 Å². The molecule has 0 bridgehead atoms. The molecule has 0 saturated heterocycles. The van der Waals surface area contributed by atoms with Crippen molar-refractivity contribution in [2.24, 2.45) is 0 Å². The van der Waals surface area contributed by atoms with Crippen LogP contribution in [0.25, 0.3) is 11.1 Å². The molecule has 0 radical (unpaired) electrons. The van der Waals surface area contributed by atoms with Crippen LogP contribution in [0.4, 0.5) is 0 Å². The molecule has 138 valence electrons. The van der Waals surface area contributed by atoms with Gasteiger partial charge in [-0.05, 0) is 49.2 Å². The first-order valence-corrected chi connectivity index (χ1v) is 8.97. The number of rotatable bonds is 5. The topological polar surface area (TPSA) is 30.9 Å². The number of hydrogen-bond donors (Lipinski definition) is 0. The van der Waals surface area contributed by atoms with E-state index in [0.29, 0.717) is 6.61 Å². The number of ether oxygens (including phenoxy) is 3. The van der Waals surface area contributed by atoms with Crippen molar-refractivity contribution in [3.63, 3.8) is 0 Å². The van der Waals surface area contributed by atoms with Gasteiger partial charge in [-0.25, -0.2) is 0 Å². The summed E-state index contributed by atoms with van der Waals surface area (Å²) < 4.78 is 16.9. The molecule has 2 aromatic rings. The summed E-state index contributed by atoms with van der Waals surface area (Å²) in [4.78, 5) is 2.42. The normalized spacial score (nSPS) is 15.0. The maximum atomic E-state index is 6.04. The highest BCUT2D eigenvalue weighted by molar-refractivity contribution is 5.70. The zero-order valence-electron chi connectivity index (χ0n) is 16.0. The van der Waals surface area contributed by atoms with Crippen LogP contribution in [0.5, 0.6) is 17.2 Å². The van der Waals surface area contributed by atoms with E-state index < -0.39 is 0 Å². The average molecular weight is 353 g/mol. The molecule has 3 rings (SSSR count). The second-order valence-electron chi connectivity index (χ2n) is 6.59. The van der Waals surface area contributed by atoms with Crippen molar-refractivity contribution in [2.75, 3.05) is 33.9 Å². The van der Waals surface area contributed by atoms with Crippen molar-refractivity contribution in [3.8, 4) is 28.4 Å². The van der Waals surface area contributed by atoms with Gasteiger partial charge in [0.2, 0.25) is 0 Å². The summed E-state index contributed by atoms with van der Waals surface area (Å²) in [6.45, 7) is 7.63. The van der Waals surface area contributed by atoms with Crippen molar-refractivity contribution < 1.29 is 14.2 Å². The smallest absolute Gasteiger partial charge is 0.165 e. The van der Waals surface area contributed by atoms with Crippen molar-refractivity contribution in [1.82, 2.24) is 4.90 Å². The lowest BCUT2D eigenvalue weighted by Gasteiger charge is -2.20. The van der Waals surface area contributed by atoms with E-state index in [4.69, 9.17) is 14.2 Å². The molecular weight excluding hydrogens is 326 g/mol. The van der Waals surface area contributed by atoms with Crippen LogP contribution in [-0.4, -0.2) is 38.8 Å². The van der Waals surface area contributed by atoms with Gasteiger partial charge in [-0.15, -0.1) is 0 Å². The number of allylic oxidation sites excluding steroid dienone is 1. The Morgan fingerprint density at radius 2 is 1.88 bits per heavy atom. The van der Waals surface area contributed by atoms with Gasteiger partial charge in [0, 0.05) is 25.2 Å². The third kappa shape index (κ3) is 4.02. The van der Waals surface area contributed by atoms with E-state index in [1.807, 2.05) is 18.2 Å². The van der Waals surface area contributed by atoms with Gasteiger partial charge in [0.1, 0.15) is 12.4 Å². The van der Waals surface area contributed by atoms with Gasteiger partial charge < -0.3 is 14.2 Å². The third-order valence-corrected chi connectivity index (χ3v) is 4.79. The van der Waals surface area contributed by atoms with Crippen LogP contribution in [0.15, 0.2) is 48.0 Å². The van der Waals surface area contributed by atoms with E-state index in [-0.39, 0.29) is 0 Å². The zero-order chi connectivity index (χ0) is 18.5. The van der Waals surface area contributed by atoms with Crippen LogP contribution < -0.4 is 14.2 Å². The van der Waals surface area contributed by atoms with Gasteiger partial charge in [-0.3, -0.25) is 4.90 Å². The van der Waals surface area contributed by atoms with Crippen LogP contribution >= 0.6 is 0 Å². The molecule has 0 aromatic heterocycles. The molecule has 0 aliphatic carbocycles. The quantitative estimate of drug-likeness (QED) is 0.739. The number of nitrogens with zero attached hydrogens (tertiary/aromatic N) is 1. The molecule has 1 aliphatic heterocycles. The van der Waals surface area contributed by atoms with E-state index in [1.165, 1.54) is 5.57 Å². The van der Waals surface area contributed by atoms with Crippen LogP contribution in [0.3, 0.4) is 0 Å². The van der Waals surface area contributed by atoms with Gasteiger partial charge in [-0.2, -0.15) is 0 Å². The molecule has 0 N–H and O–H groups in total. The first-order chi connectivity index (χ1) is 12.6. The van der Waals surface area contributed by atoms with E-state index in [0.717, 1.165) is 53.6 Å². The predicted molar refractivity (Wildman–Crippen MR) is 105 cm³/mol. The van der Waals surface area contributed by atoms with Crippen LogP contribution in [-0.2, 0) is 6.54 Å². The van der Waals surface area contributed by atoms with Crippen molar-refractivity contribution in [2.45, 2.75) is 20.4 Å². The summed E-state index contributed by atoms with van der Waals surface area (Å²) in [5, 5.41) is 0. The fraction of sp³-hybridized carbons (Fsp3) is 0.364. The summed E-state index contributed by atoms with van der Waals surface area (Å²) in [6.07, 6.45) is 2.17. The minimum Gasteiger partial charge on any atom is -0.497 e. The highest BCUT2D eigenvalue weighted by Crippen LogP contribution is 2.38. The molecule has 4 nitrogen and oxygen atoms in total. The molecule has 0 amide bonds. The first-order valence-electron chi connectivity index (χ1n) is 8.97. The highest BCUT2D eigenvalue weighted by Gasteiger charge is 2.20. The number of benzene rings is 2. The molecule has 0 spiro atoms. The Kier molecular flexibility index (Phi) is 5.84. The molecule has 2 aromatic carbocycles. The zero-order valence-corrected chi connectivity index (χ0v) is 16.0. The highest BCUT2D eigenvalue weighted by atomic mass is 16.5. The standard InChI is InChI=1S/C22H27NO3/c1-5-16(2)14-23-10-11-26-22-19(15-23)12-18(13-21(22)25-4)17-6-8-20(24-3)9-7-17/h5-9,12-13H,10-11,14-15H2,1-4H3/b16-5+. The molecule has 26 heavy (non-hydrogen) atoms. The average Bonchev–Trinajstić information content (AvgIpc) is 2.88. The maximum Gasteiger partial charge on any atom is 0.165 e. The molecule has 0 unspecified atom stereocenters. The maximum absolute atomic E-state index is 6.04.